The fourth-order valence-corrected chi connectivity index (χ4v) is 6.10. The molecule has 0 aliphatic carbocycles. The number of hydrogen-bond donors (Lipinski definition) is 2. The Bertz CT molecular complexity index is 1890. The Labute approximate surface area is 285 Å². The van der Waals surface area contributed by atoms with Crippen molar-refractivity contribution in [3.8, 4) is 28.0 Å². The topological polar surface area (TPSA) is 126 Å². The summed E-state index contributed by atoms with van der Waals surface area (Å²) < 4.78 is 80.3. The number of thiophene rings is 1. The van der Waals surface area contributed by atoms with Crippen LogP contribution in [-0.2, 0) is 4.79 Å². The number of carbonyl (C=O) groups excluding carboxylic acids is 2. The monoisotopic (exact) mass is 720 g/mol. The number of halogens is 6. The van der Waals surface area contributed by atoms with Crippen LogP contribution in [0.3, 0.4) is 0 Å². The van der Waals surface area contributed by atoms with Crippen molar-refractivity contribution < 1.29 is 50.7 Å². The first kappa shape index (κ1) is 36.3. The highest BCUT2D eigenvalue weighted by Crippen LogP contribution is 2.34. The fraction of sp³-hybridized carbons (Fsp3) is 0.303. The first-order valence-electron chi connectivity index (χ1n) is 15.3. The molecule has 4 aromatic heterocycles. The first-order chi connectivity index (χ1) is 23.8. The van der Waals surface area contributed by atoms with Crippen LogP contribution in [-0.4, -0.2) is 70.1 Å². The minimum atomic E-state index is -5.19. The number of quaternary nitrogens is 1. The molecule has 2 N–H and O–H groups in total. The minimum Gasteiger partial charge on any atom is -0.542 e. The number of likely N-dealkylation sites (tertiary alicyclic amines) is 1. The van der Waals surface area contributed by atoms with Gasteiger partial charge in [0.05, 0.1) is 24.2 Å². The second-order valence-electron chi connectivity index (χ2n) is 11.3. The number of carbonyl (C=O) groups is 2. The lowest BCUT2D eigenvalue weighted by Crippen LogP contribution is -3.13. The fourth-order valence-electron chi connectivity index (χ4n) is 5.29. The number of pyridine rings is 1. The van der Waals surface area contributed by atoms with Crippen LogP contribution < -0.4 is 20.1 Å². The van der Waals surface area contributed by atoms with Crippen LogP contribution in [0.25, 0.3) is 27.9 Å². The van der Waals surface area contributed by atoms with E-state index in [0.29, 0.717) is 23.4 Å². The van der Waals surface area contributed by atoms with Crippen LogP contribution in [0, 0.1) is 0 Å². The lowest BCUT2D eigenvalue weighted by atomic mass is 10.1. The van der Waals surface area contributed by atoms with Crippen molar-refractivity contribution in [1.82, 2.24) is 24.9 Å². The summed E-state index contributed by atoms with van der Waals surface area (Å²) in [6.45, 7) is 4.16. The van der Waals surface area contributed by atoms with Crippen molar-refractivity contribution in [3.63, 3.8) is 0 Å². The lowest BCUT2D eigenvalue weighted by molar-refractivity contribution is -0.904. The number of carboxylic acids is 1. The second-order valence-corrected chi connectivity index (χ2v) is 12.2. The lowest BCUT2D eigenvalue weighted by Gasteiger charge is -2.23. The molecule has 1 saturated heterocycles. The molecule has 1 aliphatic rings. The van der Waals surface area contributed by atoms with E-state index in [4.69, 9.17) is 14.6 Å². The molecule has 5 heterocycles. The summed E-state index contributed by atoms with van der Waals surface area (Å²) in [5.41, 5.74) is 3.56. The number of benzene rings is 1. The van der Waals surface area contributed by atoms with Gasteiger partial charge in [0.1, 0.15) is 24.9 Å². The Balaban J connectivity index is 0.000000630. The maximum Gasteiger partial charge on any atom is 0.430 e. The Kier molecular flexibility index (Phi) is 11.4. The summed E-state index contributed by atoms with van der Waals surface area (Å²) in [4.78, 5) is 31.7. The Morgan fingerprint density at radius 2 is 1.70 bits per heavy atom. The van der Waals surface area contributed by atoms with Gasteiger partial charge < -0.3 is 24.9 Å². The number of alkyl halides is 6. The molecular weight excluding hydrogens is 690 g/mol. The van der Waals surface area contributed by atoms with Gasteiger partial charge in [-0.3, -0.25) is 9.78 Å². The van der Waals surface area contributed by atoms with Gasteiger partial charge in [-0.1, -0.05) is 18.2 Å². The van der Waals surface area contributed by atoms with E-state index in [9.17, 15) is 31.1 Å². The molecule has 264 valence electrons. The van der Waals surface area contributed by atoms with Crippen LogP contribution in [0.1, 0.15) is 40.5 Å². The van der Waals surface area contributed by atoms with E-state index >= 15 is 0 Å². The molecule has 1 amide bonds. The number of aromatic nitrogens is 4. The maximum atomic E-state index is 13.7. The molecule has 1 atom stereocenters. The zero-order valence-electron chi connectivity index (χ0n) is 26.1. The largest absolute Gasteiger partial charge is 0.542 e. The van der Waals surface area contributed by atoms with Crippen molar-refractivity contribution in [3.05, 3.63) is 89.3 Å². The van der Waals surface area contributed by atoms with Crippen molar-refractivity contribution >= 4 is 28.9 Å². The van der Waals surface area contributed by atoms with E-state index in [-0.39, 0.29) is 10.4 Å². The first-order valence-corrected chi connectivity index (χ1v) is 16.2. The van der Waals surface area contributed by atoms with Crippen molar-refractivity contribution in [2.24, 2.45) is 0 Å². The second kappa shape index (κ2) is 15.7. The van der Waals surface area contributed by atoms with Crippen LogP contribution in [0.4, 0.5) is 26.3 Å². The molecule has 0 bridgehead atoms. The van der Waals surface area contributed by atoms with Gasteiger partial charge in [-0.2, -0.15) is 31.4 Å². The predicted molar refractivity (Wildman–Crippen MR) is 168 cm³/mol. The SMILES string of the molecule is O=C(NC(c1cccnc1)C(F)(F)F)c1cc(-c2cnn3cc(-c4ccc(OCC[NH+]5CCCCC5)cc4)cnc23)cs1.O=C([O-])C(F)(F)F. The van der Waals surface area contributed by atoms with Gasteiger partial charge in [-0.05, 0) is 60.0 Å². The van der Waals surface area contributed by atoms with E-state index in [1.165, 1.54) is 50.7 Å². The third kappa shape index (κ3) is 9.35. The maximum absolute atomic E-state index is 13.7. The number of rotatable bonds is 9. The molecular formula is C33H30F6N6O4S. The molecule has 1 fully saturated rings. The number of nitrogens with one attached hydrogen (secondary N) is 2. The molecule has 6 rings (SSSR count). The van der Waals surface area contributed by atoms with Crippen molar-refractivity contribution in [2.75, 3.05) is 26.2 Å². The number of fused-ring (bicyclic) bond motifs is 1. The number of ether oxygens (including phenoxy) is 1. The molecule has 0 saturated carbocycles. The summed E-state index contributed by atoms with van der Waals surface area (Å²) in [6.07, 6.45) is 1.77. The quantitative estimate of drug-likeness (QED) is 0.218. The van der Waals surface area contributed by atoms with Gasteiger partial charge in [-0.25, -0.2) is 9.50 Å². The van der Waals surface area contributed by atoms with Crippen LogP contribution in [0.5, 0.6) is 5.75 Å². The van der Waals surface area contributed by atoms with Crippen LogP contribution in [0.15, 0.2) is 78.8 Å². The normalized spacial score (nSPS) is 14.4. The Hall–Kier alpha value is -5.03. The summed E-state index contributed by atoms with van der Waals surface area (Å²) in [7, 11) is 0. The smallest absolute Gasteiger partial charge is 0.430 e. The highest BCUT2D eigenvalue weighted by atomic mass is 32.1. The summed E-state index contributed by atoms with van der Waals surface area (Å²) in [5.74, 6) is -3.00. The van der Waals surface area contributed by atoms with E-state index in [1.807, 2.05) is 30.5 Å². The zero-order chi connectivity index (χ0) is 35.9. The van der Waals surface area contributed by atoms with Gasteiger partial charge in [-0.15, -0.1) is 11.3 Å². The van der Waals surface area contributed by atoms with Crippen LogP contribution in [0.2, 0.25) is 0 Å². The van der Waals surface area contributed by atoms with E-state index in [0.717, 1.165) is 41.0 Å². The van der Waals surface area contributed by atoms with Gasteiger partial charge in [0.25, 0.3) is 5.91 Å². The van der Waals surface area contributed by atoms with Gasteiger partial charge in [0, 0.05) is 41.5 Å². The van der Waals surface area contributed by atoms with E-state index < -0.39 is 30.3 Å². The number of nitrogens with zero attached hydrogens (tertiary/aromatic N) is 4. The van der Waals surface area contributed by atoms with Crippen molar-refractivity contribution in [2.45, 2.75) is 37.7 Å². The summed E-state index contributed by atoms with van der Waals surface area (Å²) >= 11 is 1.05. The molecule has 0 radical (unpaired) electrons. The highest BCUT2D eigenvalue weighted by Gasteiger charge is 2.42. The number of carboxylic acid groups (broad SMARTS) is 1. The summed E-state index contributed by atoms with van der Waals surface area (Å²) in [6, 6.07) is 9.94. The van der Waals surface area contributed by atoms with Crippen LogP contribution >= 0.6 is 11.3 Å². The number of hydrogen-bond acceptors (Lipinski definition) is 8. The molecule has 1 unspecified atom stereocenters. The molecule has 17 heteroatoms. The van der Waals surface area contributed by atoms with Gasteiger partial charge in [0.15, 0.2) is 11.7 Å². The highest BCUT2D eigenvalue weighted by molar-refractivity contribution is 7.12. The summed E-state index contributed by atoms with van der Waals surface area (Å²) in [5, 5.41) is 17.0. The Morgan fingerprint density at radius 3 is 2.34 bits per heavy atom. The predicted octanol–water partition coefficient (Wildman–Crippen LogP) is 4.30. The number of piperidine rings is 1. The average molecular weight is 721 g/mol. The molecule has 50 heavy (non-hydrogen) atoms. The average Bonchev–Trinajstić information content (AvgIpc) is 3.75. The van der Waals surface area contributed by atoms with E-state index in [1.54, 1.807) is 33.3 Å². The number of amides is 1. The van der Waals surface area contributed by atoms with E-state index in [2.05, 4.69) is 20.4 Å². The molecule has 5 aromatic rings. The molecule has 1 aliphatic heterocycles. The minimum absolute atomic E-state index is 0.140. The standard InChI is InChI=1S/C31H29F3N6O2S.C2HF3O2/c32-31(33,34)28(22-5-4-10-35-16-22)38-30(41)27-15-23(20-43-27)26-18-37-40-19-24(17-36-29(26)40)21-6-8-25(9-7-21)42-14-13-39-11-2-1-3-12-39;3-2(4,5)1(6)7/h4-10,15-20,28H,1-3,11-14H2,(H,38,41);(H,6,7). The number of aliphatic carboxylic acids is 1. The third-order valence-electron chi connectivity index (χ3n) is 7.82. The third-order valence-corrected chi connectivity index (χ3v) is 8.74. The van der Waals surface area contributed by atoms with Gasteiger partial charge >= 0.3 is 12.4 Å². The van der Waals surface area contributed by atoms with Crippen molar-refractivity contribution in [1.29, 1.82) is 0 Å². The Morgan fingerprint density at radius 1 is 0.980 bits per heavy atom. The molecule has 10 nitrogen and oxygen atoms in total. The molecule has 0 spiro atoms. The zero-order valence-corrected chi connectivity index (χ0v) is 26.9. The molecule has 1 aromatic carbocycles. The van der Waals surface area contributed by atoms with Gasteiger partial charge in [0.2, 0.25) is 0 Å².